The Morgan fingerprint density at radius 1 is 1.12 bits per heavy atom. The van der Waals surface area contributed by atoms with E-state index < -0.39 is 0 Å². The van der Waals surface area contributed by atoms with Crippen LogP contribution < -0.4 is 5.32 Å². The quantitative estimate of drug-likeness (QED) is 0.608. The van der Waals surface area contributed by atoms with Crippen molar-refractivity contribution in [2.75, 3.05) is 47.1 Å². The SMILES string of the molecule is CCN(CCNC(C)COC)C(C)COC. The maximum Gasteiger partial charge on any atom is 0.0615 e. The average molecular weight is 232 g/mol. The zero-order valence-electron chi connectivity index (χ0n) is 11.5. The van der Waals surface area contributed by atoms with Crippen LogP contribution in [-0.4, -0.2) is 64.1 Å². The number of hydrogen-bond acceptors (Lipinski definition) is 4. The molecule has 0 radical (unpaired) electrons. The van der Waals surface area contributed by atoms with E-state index >= 15 is 0 Å². The van der Waals surface area contributed by atoms with Gasteiger partial charge < -0.3 is 14.8 Å². The van der Waals surface area contributed by atoms with E-state index in [0.717, 1.165) is 32.8 Å². The van der Waals surface area contributed by atoms with Crippen molar-refractivity contribution in [1.82, 2.24) is 10.2 Å². The van der Waals surface area contributed by atoms with Crippen LogP contribution in [0.15, 0.2) is 0 Å². The van der Waals surface area contributed by atoms with E-state index in [0.29, 0.717) is 12.1 Å². The predicted molar refractivity (Wildman–Crippen MR) is 67.9 cm³/mol. The number of nitrogens with one attached hydrogen (secondary N) is 1. The molecule has 0 aliphatic heterocycles. The molecule has 0 heterocycles. The van der Waals surface area contributed by atoms with Crippen LogP contribution >= 0.6 is 0 Å². The van der Waals surface area contributed by atoms with E-state index in [1.807, 2.05) is 0 Å². The van der Waals surface area contributed by atoms with E-state index in [1.54, 1.807) is 14.2 Å². The Morgan fingerprint density at radius 2 is 1.75 bits per heavy atom. The lowest BCUT2D eigenvalue weighted by Gasteiger charge is -2.27. The van der Waals surface area contributed by atoms with Crippen molar-refractivity contribution < 1.29 is 9.47 Å². The molecule has 4 nitrogen and oxygen atoms in total. The molecular formula is C12H28N2O2. The molecule has 0 aromatic rings. The molecule has 0 spiro atoms. The minimum absolute atomic E-state index is 0.418. The largest absolute Gasteiger partial charge is 0.383 e. The highest BCUT2D eigenvalue weighted by atomic mass is 16.5. The van der Waals surface area contributed by atoms with Crippen LogP contribution in [0.1, 0.15) is 20.8 Å². The van der Waals surface area contributed by atoms with Gasteiger partial charge in [-0.2, -0.15) is 0 Å². The number of nitrogens with zero attached hydrogens (tertiary/aromatic N) is 1. The smallest absolute Gasteiger partial charge is 0.0615 e. The van der Waals surface area contributed by atoms with Crippen molar-refractivity contribution in [2.24, 2.45) is 0 Å². The Morgan fingerprint density at radius 3 is 2.25 bits per heavy atom. The third kappa shape index (κ3) is 7.17. The number of hydrogen-bond donors (Lipinski definition) is 1. The van der Waals surface area contributed by atoms with Gasteiger partial charge >= 0.3 is 0 Å². The maximum absolute atomic E-state index is 5.17. The second-order valence-corrected chi connectivity index (χ2v) is 4.24. The topological polar surface area (TPSA) is 33.7 Å². The minimum atomic E-state index is 0.418. The molecule has 4 heteroatoms. The maximum atomic E-state index is 5.17. The second-order valence-electron chi connectivity index (χ2n) is 4.24. The molecule has 16 heavy (non-hydrogen) atoms. The molecule has 0 rings (SSSR count). The molecule has 0 saturated carbocycles. The molecule has 0 aromatic carbocycles. The van der Waals surface area contributed by atoms with Crippen LogP contribution in [0.4, 0.5) is 0 Å². The molecule has 0 bridgehead atoms. The van der Waals surface area contributed by atoms with Gasteiger partial charge in [-0.3, -0.25) is 4.90 Å². The van der Waals surface area contributed by atoms with E-state index in [2.05, 4.69) is 31.0 Å². The standard InChI is InChI=1S/C12H28N2O2/c1-6-14(12(3)10-16-5)8-7-13-11(2)9-15-4/h11-13H,6-10H2,1-5H3. The fourth-order valence-electron chi connectivity index (χ4n) is 1.80. The summed E-state index contributed by atoms with van der Waals surface area (Å²) in [6.07, 6.45) is 0. The summed E-state index contributed by atoms with van der Waals surface area (Å²) in [7, 11) is 3.49. The van der Waals surface area contributed by atoms with Gasteiger partial charge in [0.15, 0.2) is 0 Å². The highest BCUT2D eigenvalue weighted by Gasteiger charge is 2.11. The first kappa shape index (κ1) is 15.8. The fourth-order valence-corrected chi connectivity index (χ4v) is 1.80. The Hall–Kier alpha value is -0.160. The summed E-state index contributed by atoms with van der Waals surface area (Å²) in [5.41, 5.74) is 0. The number of likely N-dealkylation sites (N-methyl/N-ethyl adjacent to an activating group) is 1. The molecule has 0 amide bonds. The van der Waals surface area contributed by atoms with Crippen LogP contribution in [0.25, 0.3) is 0 Å². The van der Waals surface area contributed by atoms with Crippen molar-refractivity contribution in [3.8, 4) is 0 Å². The predicted octanol–water partition coefficient (Wildman–Crippen LogP) is 0.968. The van der Waals surface area contributed by atoms with Crippen molar-refractivity contribution in [1.29, 1.82) is 0 Å². The lowest BCUT2D eigenvalue weighted by molar-refractivity contribution is 0.101. The van der Waals surface area contributed by atoms with Gasteiger partial charge in [-0.15, -0.1) is 0 Å². The monoisotopic (exact) mass is 232 g/mol. The molecule has 0 aliphatic rings. The van der Waals surface area contributed by atoms with E-state index in [4.69, 9.17) is 9.47 Å². The third-order valence-electron chi connectivity index (χ3n) is 2.75. The second kappa shape index (κ2) is 10.0. The van der Waals surface area contributed by atoms with Gasteiger partial charge in [0, 0.05) is 39.4 Å². The van der Waals surface area contributed by atoms with Crippen LogP contribution in [0.5, 0.6) is 0 Å². The van der Waals surface area contributed by atoms with Crippen molar-refractivity contribution in [3.05, 3.63) is 0 Å². The first-order valence-electron chi connectivity index (χ1n) is 6.11. The average Bonchev–Trinajstić information content (AvgIpc) is 2.25. The van der Waals surface area contributed by atoms with Gasteiger partial charge in [0.2, 0.25) is 0 Å². The summed E-state index contributed by atoms with van der Waals surface area (Å²) in [5, 5.41) is 3.44. The van der Waals surface area contributed by atoms with Crippen molar-refractivity contribution in [2.45, 2.75) is 32.9 Å². The van der Waals surface area contributed by atoms with E-state index in [1.165, 1.54) is 0 Å². The summed E-state index contributed by atoms with van der Waals surface area (Å²) < 4.78 is 10.2. The molecular weight excluding hydrogens is 204 g/mol. The van der Waals surface area contributed by atoms with Crippen molar-refractivity contribution in [3.63, 3.8) is 0 Å². The molecule has 0 aromatic heterocycles. The van der Waals surface area contributed by atoms with Crippen LogP contribution in [-0.2, 0) is 9.47 Å². The molecule has 2 atom stereocenters. The summed E-state index contributed by atoms with van der Waals surface area (Å²) in [6, 6.07) is 0.899. The minimum Gasteiger partial charge on any atom is -0.383 e. The Bertz CT molecular complexity index is 156. The summed E-state index contributed by atoms with van der Waals surface area (Å²) in [4.78, 5) is 2.41. The molecule has 98 valence electrons. The third-order valence-corrected chi connectivity index (χ3v) is 2.75. The number of ether oxygens (including phenoxy) is 2. The van der Waals surface area contributed by atoms with Gasteiger partial charge in [-0.1, -0.05) is 6.92 Å². The number of rotatable bonds is 10. The molecule has 0 aliphatic carbocycles. The van der Waals surface area contributed by atoms with Crippen LogP contribution in [0, 0.1) is 0 Å². The molecule has 0 fully saturated rings. The molecule has 1 N–H and O–H groups in total. The zero-order valence-corrected chi connectivity index (χ0v) is 11.5. The van der Waals surface area contributed by atoms with Gasteiger partial charge in [0.05, 0.1) is 13.2 Å². The first-order valence-corrected chi connectivity index (χ1v) is 6.11. The molecule has 0 saturated heterocycles. The highest BCUT2D eigenvalue weighted by Crippen LogP contribution is 1.98. The van der Waals surface area contributed by atoms with Crippen molar-refractivity contribution >= 4 is 0 Å². The van der Waals surface area contributed by atoms with Gasteiger partial charge in [0.25, 0.3) is 0 Å². The van der Waals surface area contributed by atoms with E-state index in [9.17, 15) is 0 Å². The van der Waals surface area contributed by atoms with Gasteiger partial charge in [-0.25, -0.2) is 0 Å². The fraction of sp³-hybridized carbons (Fsp3) is 1.00. The number of methoxy groups -OCH3 is 2. The highest BCUT2D eigenvalue weighted by molar-refractivity contribution is 4.68. The van der Waals surface area contributed by atoms with Gasteiger partial charge in [-0.05, 0) is 20.4 Å². The summed E-state index contributed by atoms with van der Waals surface area (Å²) in [6.45, 7) is 11.2. The lowest BCUT2D eigenvalue weighted by Crippen LogP contribution is -2.42. The van der Waals surface area contributed by atoms with Gasteiger partial charge in [0.1, 0.15) is 0 Å². The zero-order chi connectivity index (χ0) is 12.4. The normalized spacial score (nSPS) is 15.4. The first-order chi connectivity index (χ1) is 7.65. The Labute approximate surface area is 100 Å². The molecule has 2 unspecified atom stereocenters. The Kier molecular flexibility index (Phi) is 9.92. The summed E-state index contributed by atoms with van der Waals surface area (Å²) >= 11 is 0. The van der Waals surface area contributed by atoms with Crippen LogP contribution in [0.2, 0.25) is 0 Å². The summed E-state index contributed by atoms with van der Waals surface area (Å²) in [5.74, 6) is 0. The van der Waals surface area contributed by atoms with Crippen LogP contribution in [0.3, 0.4) is 0 Å². The Balaban J connectivity index is 3.69. The van der Waals surface area contributed by atoms with E-state index in [-0.39, 0.29) is 0 Å². The lowest BCUT2D eigenvalue weighted by atomic mass is 10.3.